The van der Waals surface area contributed by atoms with E-state index in [1.54, 1.807) is 12.4 Å². The number of hydrogen-bond acceptors (Lipinski definition) is 4. The van der Waals surface area contributed by atoms with Crippen LogP contribution in [0.2, 0.25) is 0 Å². The van der Waals surface area contributed by atoms with Gasteiger partial charge in [0, 0.05) is 17.5 Å². The lowest BCUT2D eigenvalue weighted by Crippen LogP contribution is -2.20. The number of carbonyl (C=O) groups is 1. The molecule has 0 unspecified atom stereocenters. The van der Waals surface area contributed by atoms with Crippen LogP contribution < -0.4 is 5.32 Å². The molecule has 5 nitrogen and oxygen atoms in total. The zero-order valence-electron chi connectivity index (χ0n) is 11.4. The summed E-state index contributed by atoms with van der Waals surface area (Å²) in [5.41, 5.74) is 4.21. The smallest absolute Gasteiger partial charge is 0.274 e. The summed E-state index contributed by atoms with van der Waals surface area (Å²) in [7, 11) is 0. The van der Waals surface area contributed by atoms with Crippen molar-refractivity contribution >= 4 is 11.6 Å². The van der Waals surface area contributed by atoms with Gasteiger partial charge in [-0.1, -0.05) is 0 Å². The minimum atomic E-state index is -0.179. The molecule has 0 saturated carbocycles. The molecular weight excluding hydrogens is 252 g/mol. The van der Waals surface area contributed by atoms with Gasteiger partial charge in [-0.25, -0.2) is 9.97 Å². The second-order valence-corrected chi connectivity index (χ2v) is 5.00. The molecule has 0 aromatic carbocycles. The fourth-order valence-corrected chi connectivity index (χ4v) is 2.49. The van der Waals surface area contributed by atoms with E-state index < -0.39 is 0 Å². The Morgan fingerprint density at radius 3 is 2.95 bits per heavy atom. The molecule has 5 heteroatoms. The second kappa shape index (κ2) is 5.36. The summed E-state index contributed by atoms with van der Waals surface area (Å²) < 4.78 is 0. The van der Waals surface area contributed by atoms with Gasteiger partial charge in [-0.2, -0.15) is 0 Å². The van der Waals surface area contributed by atoms with Gasteiger partial charge in [-0.15, -0.1) is 0 Å². The van der Waals surface area contributed by atoms with Crippen molar-refractivity contribution in [3.63, 3.8) is 0 Å². The van der Waals surface area contributed by atoms with Gasteiger partial charge in [-0.3, -0.25) is 9.78 Å². The van der Waals surface area contributed by atoms with Crippen molar-refractivity contribution in [1.82, 2.24) is 15.0 Å². The number of aromatic nitrogens is 3. The molecule has 1 aliphatic rings. The Morgan fingerprint density at radius 2 is 2.10 bits per heavy atom. The minimum absolute atomic E-state index is 0.179. The van der Waals surface area contributed by atoms with Gasteiger partial charge in [0.05, 0.1) is 11.9 Å². The van der Waals surface area contributed by atoms with Crippen LogP contribution in [-0.4, -0.2) is 20.9 Å². The topological polar surface area (TPSA) is 67.8 Å². The third-order valence-electron chi connectivity index (χ3n) is 3.63. The first kappa shape index (κ1) is 12.7. The Labute approximate surface area is 117 Å². The Kier molecular flexibility index (Phi) is 3.41. The summed E-state index contributed by atoms with van der Waals surface area (Å²) in [5, 5.41) is 2.88. The molecule has 3 rings (SSSR count). The van der Waals surface area contributed by atoms with Crippen molar-refractivity contribution in [3.05, 3.63) is 47.3 Å². The van der Waals surface area contributed by atoms with Crippen LogP contribution in [0.15, 0.2) is 24.8 Å². The molecule has 1 amide bonds. The summed E-state index contributed by atoms with van der Waals surface area (Å²) in [4.78, 5) is 24.9. The van der Waals surface area contributed by atoms with Crippen molar-refractivity contribution in [3.8, 4) is 0 Å². The zero-order valence-corrected chi connectivity index (χ0v) is 11.4. The van der Waals surface area contributed by atoms with Crippen molar-refractivity contribution in [2.24, 2.45) is 0 Å². The van der Waals surface area contributed by atoms with Crippen molar-refractivity contribution in [1.29, 1.82) is 0 Å². The highest BCUT2D eigenvalue weighted by molar-refractivity contribution is 6.04. The lowest BCUT2D eigenvalue weighted by molar-refractivity contribution is 0.102. The van der Waals surface area contributed by atoms with Crippen LogP contribution in [0.3, 0.4) is 0 Å². The fourth-order valence-electron chi connectivity index (χ4n) is 2.49. The van der Waals surface area contributed by atoms with E-state index >= 15 is 0 Å². The lowest BCUT2D eigenvalue weighted by Gasteiger charge is -2.17. The first-order chi connectivity index (χ1) is 9.75. The maximum absolute atomic E-state index is 12.4. The molecule has 1 aliphatic carbocycles. The fraction of sp³-hybridized carbons (Fsp3) is 0.333. The van der Waals surface area contributed by atoms with Crippen LogP contribution in [0.5, 0.6) is 0 Å². The molecule has 1 N–H and O–H groups in total. The molecule has 102 valence electrons. The Hall–Kier alpha value is -2.30. The van der Waals surface area contributed by atoms with E-state index in [4.69, 9.17) is 0 Å². The zero-order chi connectivity index (χ0) is 13.9. The number of anilines is 1. The average molecular weight is 268 g/mol. The predicted molar refractivity (Wildman–Crippen MR) is 75.6 cm³/mol. The predicted octanol–water partition coefficient (Wildman–Crippen LogP) is 2.31. The van der Waals surface area contributed by atoms with Gasteiger partial charge < -0.3 is 5.32 Å². The van der Waals surface area contributed by atoms with Gasteiger partial charge >= 0.3 is 0 Å². The molecule has 2 aromatic rings. The molecule has 0 aliphatic heterocycles. The van der Waals surface area contributed by atoms with E-state index in [2.05, 4.69) is 20.3 Å². The van der Waals surface area contributed by atoms with Gasteiger partial charge in [0.15, 0.2) is 0 Å². The van der Waals surface area contributed by atoms with Crippen molar-refractivity contribution < 1.29 is 4.79 Å². The van der Waals surface area contributed by atoms with E-state index in [-0.39, 0.29) is 5.91 Å². The molecule has 2 heterocycles. The second-order valence-electron chi connectivity index (χ2n) is 5.00. The minimum Gasteiger partial charge on any atom is -0.319 e. The monoisotopic (exact) mass is 268 g/mol. The molecule has 20 heavy (non-hydrogen) atoms. The van der Waals surface area contributed by atoms with E-state index in [0.717, 1.165) is 48.2 Å². The summed E-state index contributed by atoms with van der Waals surface area (Å²) in [6, 6.07) is 1.87. The van der Waals surface area contributed by atoms with Crippen molar-refractivity contribution in [2.75, 3.05) is 5.32 Å². The number of pyridine rings is 1. The maximum Gasteiger partial charge on any atom is 0.274 e. The van der Waals surface area contributed by atoms with E-state index in [1.165, 1.54) is 6.33 Å². The van der Waals surface area contributed by atoms with Crippen LogP contribution >= 0.6 is 0 Å². The molecule has 0 bridgehead atoms. The SMILES string of the molecule is Cc1ccncc1NC(=O)c1ncnc2c1CCCC2. The van der Waals surface area contributed by atoms with Crippen LogP contribution in [0, 0.1) is 6.92 Å². The Balaban J connectivity index is 1.90. The number of nitrogens with zero attached hydrogens (tertiary/aromatic N) is 3. The Morgan fingerprint density at radius 1 is 1.25 bits per heavy atom. The quantitative estimate of drug-likeness (QED) is 0.907. The number of hydrogen-bond donors (Lipinski definition) is 1. The number of nitrogens with one attached hydrogen (secondary N) is 1. The Bertz CT molecular complexity index is 654. The normalized spacial score (nSPS) is 13.7. The summed E-state index contributed by atoms with van der Waals surface area (Å²) in [6.07, 6.45) is 8.88. The van der Waals surface area contributed by atoms with Crippen LogP contribution in [0.25, 0.3) is 0 Å². The number of carbonyl (C=O) groups excluding carboxylic acids is 1. The highest BCUT2D eigenvalue weighted by atomic mass is 16.1. The molecule has 0 spiro atoms. The third kappa shape index (κ3) is 2.39. The standard InChI is InChI=1S/C15H16N4O/c1-10-6-7-16-8-13(10)19-15(20)14-11-4-2-3-5-12(11)17-9-18-14/h6-9H,2-5H2,1H3,(H,19,20). The molecule has 2 aromatic heterocycles. The average Bonchev–Trinajstić information content (AvgIpc) is 2.49. The van der Waals surface area contributed by atoms with Gasteiger partial charge in [0.1, 0.15) is 12.0 Å². The first-order valence-electron chi connectivity index (χ1n) is 6.80. The first-order valence-corrected chi connectivity index (χ1v) is 6.80. The molecule has 0 fully saturated rings. The summed E-state index contributed by atoms with van der Waals surface area (Å²) in [5.74, 6) is -0.179. The summed E-state index contributed by atoms with van der Waals surface area (Å²) >= 11 is 0. The summed E-state index contributed by atoms with van der Waals surface area (Å²) in [6.45, 7) is 1.94. The lowest BCUT2D eigenvalue weighted by atomic mass is 9.94. The number of fused-ring (bicyclic) bond motifs is 1. The highest BCUT2D eigenvalue weighted by Crippen LogP contribution is 2.22. The van der Waals surface area contributed by atoms with E-state index in [0.29, 0.717) is 5.69 Å². The molecule has 0 atom stereocenters. The third-order valence-corrected chi connectivity index (χ3v) is 3.63. The highest BCUT2D eigenvalue weighted by Gasteiger charge is 2.20. The molecule has 0 saturated heterocycles. The molecular formula is C15H16N4O. The van der Waals surface area contributed by atoms with E-state index in [9.17, 15) is 4.79 Å². The number of rotatable bonds is 2. The number of aryl methyl sites for hydroxylation is 2. The maximum atomic E-state index is 12.4. The van der Waals surface area contributed by atoms with Crippen LogP contribution in [0.4, 0.5) is 5.69 Å². The van der Waals surface area contributed by atoms with Gasteiger partial charge in [-0.05, 0) is 44.2 Å². The van der Waals surface area contributed by atoms with Crippen LogP contribution in [-0.2, 0) is 12.8 Å². The van der Waals surface area contributed by atoms with Gasteiger partial charge in [0.2, 0.25) is 0 Å². The van der Waals surface area contributed by atoms with E-state index in [1.807, 2.05) is 13.0 Å². The van der Waals surface area contributed by atoms with Gasteiger partial charge in [0.25, 0.3) is 5.91 Å². The number of amides is 1. The van der Waals surface area contributed by atoms with Crippen molar-refractivity contribution in [2.45, 2.75) is 32.6 Å². The largest absolute Gasteiger partial charge is 0.319 e. The van der Waals surface area contributed by atoms with Crippen LogP contribution in [0.1, 0.15) is 40.2 Å². The molecule has 0 radical (unpaired) electrons.